The Morgan fingerprint density at radius 2 is 1.67 bits per heavy atom. The van der Waals surface area contributed by atoms with Crippen LogP contribution in [0.4, 0.5) is 4.79 Å². The molecule has 0 aromatic heterocycles. The van der Waals surface area contributed by atoms with Crippen LogP contribution in [0.25, 0.3) is 0 Å². The average molecular weight is 253 g/mol. The van der Waals surface area contributed by atoms with Gasteiger partial charge in [-0.2, -0.15) is 0 Å². The SMILES string of the molecule is CN(C(=O)N1CCCCCC1)C1(CN)CCCC1. The average Bonchev–Trinajstić information content (AvgIpc) is 2.73. The maximum atomic E-state index is 12.6. The zero-order valence-electron chi connectivity index (χ0n) is 11.7. The predicted octanol–water partition coefficient (Wildman–Crippen LogP) is 2.19. The van der Waals surface area contributed by atoms with Crippen molar-refractivity contribution in [2.75, 3.05) is 26.7 Å². The highest BCUT2D eigenvalue weighted by Gasteiger charge is 2.40. The van der Waals surface area contributed by atoms with Gasteiger partial charge in [-0.25, -0.2) is 4.79 Å². The first-order valence-corrected chi connectivity index (χ1v) is 7.42. The zero-order valence-corrected chi connectivity index (χ0v) is 11.7. The summed E-state index contributed by atoms with van der Waals surface area (Å²) in [7, 11) is 1.95. The third-order valence-electron chi connectivity index (χ3n) is 4.79. The maximum absolute atomic E-state index is 12.6. The molecule has 2 fully saturated rings. The number of nitrogens with zero attached hydrogens (tertiary/aromatic N) is 2. The predicted molar refractivity (Wildman–Crippen MR) is 73.5 cm³/mol. The number of amides is 2. The van der Waals surface area contributed by atoms with Gasteiger partial charge in [-0.15, -0.1) is 0 Å². The highest BCUT2D eigenvalue weighted by Crippen LogP contribution is 2.34. The largest absolute Gasteiger partial charge is 0.328 e. The molecular formula is C14H27N3O. The van der Waals surface area contributed by atoms with Gasteiger partial charge < -0.3 is 15.5 Å². The van der Waals surface area contributed by atoms with Crippen molar-refractivity contribution in [1.82, 2.24) is 9.80 Å². The lowest BCUT2D eigenvalue weighted by Crippen LogP contribution is -2.56. The molecule has 104 valence electrons. The van der Waals surface area contributed by atoms with E-state index < -0.39 is 0 Å². The second kappa shape index (κ2) is 5.91. The fourth-order valence-corrected chi connectivity index (χ4v) is 3.39. The van der Waals surface area contributed by atoms with E-state index in [2.05, 4.69) is 0 Å². The number of urea groups is 1. The number of hydrogen-bond acceptors (Lipinski definition) is 2. The number of likely N-dealkylation sites (N-methyl/N-ethyl adjacent to an activating group) is 1. The highest BCUT2D eigenvalue weighted by molar-refractivity contribution is 5.75. The summed E-state index contributed by atoms with van der Waals surface area (Å²) in [6.07, 6.45) is 9.36. The van der Waals surface area contributed by atoms with E-state index in [-0.39, 0.29) is 11.6 Å². The quantitative estimate of drug-likeness (QED) is 0.820. The molecule has 2 N–H and O–H groups in total. The van der Waals surface area contributed by atoms with Crippen molar-refractivity contribution in [3.8, 4) is 0 Å². The molecule has 0 unspecified atom stereocenters. The molecule has 18 heavy (non-hydrogen) atoms. The van der Waals surface area contributed by atoms with Crippen molar-refractivity contribution < 1.29 is 4.79 Å². The van der Waals surface area contributed by atoms with Crippen molar-refractivity contribution in [1.29, 1.82) is 0 Å². The lowest BCUT2D eigenvalue weighted by Gasteiger charge is -2.40. The summed E-state index contributed by atoms with van der Waals surface area (Å²) in [4.78, 5) is 16.6. The van der Waals surface area contributed by atoms with Gasteiger partial charge in [0.05, 0.1) is 5.54 Å². The lowest BCUT2D eigenvalue weighted by molar-refractivity contribution is 0.109. The van der Waals surface area contributed by atoms with Crippen LogP contribution >= 0.6 is 0 Å². The van der Waals surface area contributed by atoms with Crippen LogP contribution in [-0.4, -0.2) is 48.1 Å². The smallest absolute Gasteiger partial charge is 0.320 e. The minimum absolute atomic E-state index is 0.0661. The topological polar surface area (TPSA) is 49.6 Å². The summed E-state index contributed by atoms with van der Waals surface area (Å²) in [5, 5.41) is 0. The van der Waals surface area contributed by atoms with Crippen LogP contribution in [0.2, 0.25) is 0 Å². The summed E-state index contributed by atoms with van der Waals surface area (Å²) in [5.74, 6) is 0. The number of hydrogen-bond donors (Lipinski definition) is 1. The Labute approximate surface area is 110 Å². The highest BCUT2D eigenvalue weighted by atomic mass is 16.2. The van der Waals surface area contributed by atoms with E-state index in [1.54, 1.807) is 0 Å². The molecule has 4 heteroatoms. The van der Waals surface area contributed by atoms with Crippen LogP contribution in [-0.2, 0) is 0 Å². The first-order valence-electron chi connectivity index (χ1n) is 7.42. The molecule has 0 bridgehead atoms. The van der Waals surface area contributed by atoms with Crippen LogP contribution in [0.15, 0.2) is 0 Å². The van der Waals surface area contributed by atoms with Crippen LogP contribution in [0, 0.1) is 0 Å². The number of carbonyl (C=O) groups excluding carboxylic acids is 1. The Balaban J connectivity index is 2.02. The zero-order chi connectivity index (χ0) is 13.0. The van der Waals surface area contributed by atoms with Crippen LogP contribution in [0.1, 0.15) is 51.4 Å². The number of nitrogens with two attached hydrogens (primary N) is 1. The fraction of sp³-hybridized carbons (Fsp3) is 0.929. The molecule has 1 saturated heterocycles. The molecule has 1 aliphatic carbocycles. The Morgan fingerprint density at radius 1 is 1.11 bits per heavy atom. The van der Waals surface area contributed by atoms with Crippen molar-refractivity contribution in [3.05, 3.63) is 0 Å². The molecule has 2 aliphatic rings. The second-order valence-electron chi connectivity index (χ2n) is 5.88. The standard InChI is InChI=1S/C14H27N3O/c1-16(14(12-15)8-4-5-9-14)13(18)17-10-6-2-3-7-11-17/h2-12,15H2,1H3. The van der Waals surface area contributed by atoms with Gasteiger partial charge in [-0.3, -0.25) is 0 Å². The fourth-order valence-electron chi connectivity index (χ4n) is 3.39. The van der Waals surface area contributed by atoms with Gasteiger partial charge in [0.25, 0.3) is 0 Å². The first kappa shape index (κ1) is 13.7. The summed E-state index contributed by atoms with van der Waals surface area (Å²) in [6.45, 7) is 2.44. The van der Waals surface area contributed by atoms with Gasteiger partial charge in [0, 0.05) is 26.7 Å². The monoisotopic (exact) mass is 253 g/mol. The van der Waals surface area contributed by atoms with Crippen molar-refractivity contribution in [2.24, 2.45) is 5.73 Å². The lowest BCUT2D eigenvalue weighted by atomic mass is 9.96. The molecule has 2 rings (SSSR count). The summed E-state index contributed by atoms with van der Waals surface area (Å²) in [6, 6.07) is 0.198. The van der Waals surface area contributed by atoms with Gasteiger partial charge in [0.15, 0.2) is 0 Å². The minimum atomic E-state index is -0.0661. The number of carbonyl (C=O) groups is 1. The third kappa shape index (κ3) is 2.63. The molecule has 1 aliphatic heterocycles. The van der Waals surface area contributed by atoms with Gasteiger partial charge in [0.1, 0.15) is 0 Å². The Hall–Kier alpha value is -0.770. The van der Waals surface area contributed by atoms with Crippen LogP contribution < -0.4 is 5.73 Å². The van der Waals surface area contributed by atoms with Crippen molar-refractivity contribution >= 4 is 6.03 Å². The second-order valence-corrected chi connectivity index (χ2v) is 5.88. The van der Waals surface area contributed by atoms with Gasteiger partial charge >= 0.3 is 6.03 Å². The molecular weight excluding hydrogens is 226 g/mol. The minimum Gasteiger partial charge on any atom is -0.328 e. The van der Waals surface area contributed by atoms with E-state index in [9.17, 15) is 4.79 Å². The molecule has 1 saturated carbocycles. The summed E-state index contributed by atoms with van der Waals surface area (Å²) < 4.78 is 0. The molecule has 0 aromatic rings. The van der Waals surface area contributed by atoms with E-state index in [0.717, 1.165) is 38.8 Å². The van der Waals surface area contributed by atoms with E-state index in [0.29, 0.717) is 6.54 Å². The first-order chi connectivity index (χ1) is 8.69. The normalized spacial score (nSPS) is 23.8. The van der Waals surface area contributed by atoms with Gasteiger partial charge in [-0.05, 0) is 25.7 Å². The Kier molecular flexibility index (Phi) is 4.49. The van der Waals surface area contributed by atoms with E-state index in [1.165, 1.54) is 25.7 Å². The molecule has 4 nitrogen and oxygen atoms in total. The number of rotatable bonds is 2. The van der Waals surface area contributed by atoms with E-state index >= 15 is 0 Å². The third-order valence-corrected chi connectivity index (χ3v) is 4.79. The Bertz CT molecular complexity index is 279. The summed E-state index contributed by atoms with van der Waals surface area (Å²) in [5.41, 5.74) is 5.89. The van der Waals surface area contributed by atoms with E-state index in [1.807, 2.05) is 16.8 Å². The summed E-state index contributed by atoms with van der Waals surface area (Å²) >= 11 is 0. The van der Waals surface area contributed by atoms with Gasteiger partial charge in [-0.1, -0.05) is 25.7 Å². The Morgan fingerprint density at radius 3 is 2.17 bits per heavy atom. The molecule has 0 aromatic carbocycles. The van der Waals surface area contributed by atoms with Gasteiger partial charge in [0.2, 0.25) is 0 Å². The molecule has 0 atom stereocenters. The van der Waals surface area contributed by atoms with Crippen LogP contribution in [0.5, 0.6) is 0 Å². The molecule has 0 spiro atoms. The van der Waals surface area contributed by atoms with Crippen molar-refractivity contribution in [3.63, 3.8) is 0 Å². The van der Waals surface area contributed by atoms with Crippen LogP contribution in [0.3, 0.4) is 0 Å². The molecule has 1 heterocycles. The number of likely N-dealkylation sites (tertiary alicyclic amines) is 1. The van der Waals surface area contributed by atoms with E-state index in [4.69, 9.17) is 5.73 Å². The van der Waals surface area contributed by atoms with Crippen molar-refractivity contribution in [2.45, 2.75) is 56.9 Å². The maximum Gasteiger partial charge on any atom is 0.320 e. The molecule has 0 radical (unpaired) electrons. The molecule has 2 amide bonds.